The van der Waals surface area contributed by atoms with Crippen LogP contribution in [0.25, 0.3) is 5.69 Å². The van der Waals surface area contributed by atoms with E-state index in [-0.39, 0.29) is 18.0 Å². The zero-order chi connectivity index (χ0) is 17.2. The number of hydrogen-bond donors (Lipinski definition) is 1. The Bertz CT molecular complexity index is 720. The summed E-state index contributed by atoms with van der Waals surface area (Å²) in [5.74, 6) is 1.27. The zero-order valence-corrected chi connectivity index (χ0v) is 14.5. The molecule has 7 nitrogen and oxygen atoms in total. The summed E-state index contributed by atoms with van der Waals surface area (Å²) in [6, 6.07) is 9.51. The molecule has 1 aromatic carbocycles. The van der Waals surface area contributed by atoms with E-state index in [0.29, 0.717) is 11.7 Å². The molecule has 0 unspecified atom stereocenters. The van der Waals surface area contributed by atoms with Crippen molar-refractivity contribution in [2.24, 2.45) is 5.92 Å². The van der Waals surface area contributed by atoms with Crippen molar-refractivity contribution >= 4 is 5.91 Å². The molecule has 1 N–H and O–H groups in total. The van der Waals surface area contributed by atoms with Crippen LogP contribution >= 0.6 is 0 Å². The summed E-state index contributed by atoms with van der Waals surface area (Å²) in [7, 11) is 0. The van der Waals surface area contributed by atoms with Crippen molar-refractivity contribution in [2.45, 2.75) is 44.7 Å². The molecule has 1 amide bonds. The Balaban J connectivity index is 1.49. The van der Waals surface area contributed by atoms with E-state index in [2.05, 4.69) is 25.7 Å². The van der Waals surface area contributed by atoms with E-state index < -0.39 is 0 Å². The first-order valence-corrected chi connectivity index (χ1v) is 9.12. The third-order valence-electron chi connectivity index (χ3n) is 5.11. The lowest BCUT2D eigenvalue weighted by molar-refractivity contribution is -0.127. The second kappa shape index (κ2) is 6.92. The number of hydrogen-bond acceptors (Lipinski definition) is 5. The maximum atomic E-state index is 12.9. The number of amides is 1. The first-order valence-electron chi connectivity index (χ1n) is 9.12. The van der Waals surface area contributed by atoms with Crippen LogP contribution in [0.1, 0.15) is 44.5 Å². The Morgan fingerprint density at radius 1 is 1.20 bits per heavy atom. The van der Waals surface area contributed by atoms with E-state index >= 15 is 0 Å². The van der Waals surface area contributed by atoms with Gasteiger partial charge < -0.3 is 5.32 Å². The van der Waals surface area contributed by atoms with Gasteiger partial charge in [0.25, 0.3) is 0 Å². The van der Waals surface area contributed by atoms with Gasteiger partial charge in [-0.15, -0.1) is 5.10 Å². The summed E-state index contributed by atoms with van der Waals surface area (Å²) in [5.41, 5.74) is 0.891. The number of nitrogens with one attached hydrogen (secondary N) is 1. The smallest absolute Gasteiger partial charge is 0.238 e. The van der Waals surface area contributed by atoms with Crippen molar-refractivity contribution in [3.63, 3.8) is 0 Å². The Hall–Kier alpha value is -2.28. The molecule has 2 atom stereocenters. The maximum absolute atomic E-state index is 12.9. The minimum Gasteiger partial charge on any atom is -0.345 e. The lowest BCUT2D eigenvalue weighted by Gasteiger charge is -2.27. The molecule has 25 heavy (non-hydrogen) atoms. The minimum absolute atomic E-state index is 0.00556. The number of nitrogens with zero attached hydrogens (tertiary/aromatic N) is 5. The fourth-order valence-electron chi connectivity index (χ4n) is 3.69. The van der Waals surface area contributed by atoms with Crippen molar-refractivity contribution in [3.05, 3.63) is 36.2 Å². The van der Waals surface area contributed by atoms with Gasteiger partial charge in [-0.25, -0.2) is 0 Å². The van der Waals surface area contributed by atoms with Crippen LogP contribution in [0.5, 0.6) is 0 Å². The molecule has 2 aromatic rings. The van der Waals surface area contributed by atoms with Crippen LogP contribution < -0.4 is 5.32 Å². The monoisotopic (exact) mass is 340 g/mol. The van der Waals surface area contributed by atoms with Crippen LogP contribution in [0.2, 0.25) is 0 Å². The van der Waals surface area contributed by atoms with Gasteiger partial charge >= 0.3 is 0 Å². The molecule has 1 aliphatic heterocycles. The number of benzene rings is 1. The Morgan fingerprint density at radius 2 is 1.92 bits per heavy atom. The highest BCUT2D eigenvalue weighted by Crippen LogP contribution is 2.37. The molecule has 2 fully saturated rings. The van der Waals surface area contributed by atoms with Crippen LogP contribution in [0.15, 0.2) is 30.3 Å². The molecule has 1 aromatic heterocycles. The van der Waals surface area contributed by atoms with Crippen LogP contribution in [-0.2, 0) is 4.79 Å². The van der Waals surface area contributed by atoms with E-state index in [4.69, 9.17) is 0 Å². The number of likely N-dealkylation sites (tertiary alicyclic amines) is 1. The molecule has 1 saturated carbocycles. The van der Waals surface area contributed by atoms with Crippen molar-refractivity contribution < 1.29 is 4.79 Å². The van der Waals surface area contributed by atoms with Crippen molar-refractivity contribution in [3.8, 4) is 5.69 Å². The normalized spacial score (nSPS) is 20.4. The molecule has 1 saturated heterocycles. The molecule has 0 spiro atoms. The number of para-hydroxylation sites is 1. The number of carbonyl (C=O) groups excluding carboxylic acids is 1. The van der Waals surface area contributed by atoms with E-state index in [1.807, 2.05) is 37.3 Å². The van der Waals surface area contributed by atoms with Crippen LogP contribution in [-0.4, -0.2) is 50.1 Å². The molecular formula is C18H24N6O. The lowest BCUT2D eigenvalue weighted by Crippen LogP contribution is -2.48. The number of aromatic nitrogens is 4. The zero-order valence-electron chi connectivity index (χ0n) is 14.5. The van der Waals surface area contributed by atoms with Crippen molar-refractivity contribution in [1.29, 1.82) is 0 Å². The maximum Gasteiger partial charge on any atom is 0.238 e. The summed E-state index contributed by atoms with van der Waals surface area (Å²) in [6.45, 7) is 4.01. The molecular weight excluding hydrogens is 316 g/mol. The van der Waals surface area contributed by atoms with E-state index in [1.165, 1.54) is 12.8 Å². The van der Waals surface area contributed by atoms with Gasteiger partial charge in [0, 0.05) is 0 Å². The second-order valence-corrected chi connectivity index (χ2v) is 7.04. The second-order valence-electron chi connectivity index (χ2n) is 7.04. The van der Waals surface area contributed by atoms with Crippen molar-refractivity contribution in [2.75, 3.05) is 13.1 Å². The van der Waals surface area contributed by atoms with Gasteiger partial charge in [0.05, 0.1) is 17.8 Å². The van der Waals surface area contributed by atoms with Gasteiger partial charge in [-0.05, 0) is 74.2 Å². The Labute approximate surface area is 147 Å². The number of rotatable bonds is 6. The fraction of sp³-hybridized carbons (Fsp3) is 0.556. The van der Waals surface area contributed by atoms with Crippen molar-refractivity contribution in [1.82, 2.24) is 30.4 Å². The third kappa shape index (κ3) is 3.42. The van der Waals surface area contributed by atoms with Gasteiger partial charge in [0.1, 0.15) is 0 Å². The van der Waals surface area contributed by atoms with Crippen LogP contribution in [0.4, 0.5) is 0 Å². The summed E-state index contributed by atoms with van der Waals surface area (Å²) < 4.78 is 1.69. The SMILES string of the molecule is C[C@H](NC(=O)[C@@H](C1CC1)N1CCCC1)c1nnnn1-c1ccccc1. The molecule has 2 heterocycles. The van der Waals surface area contributed by atoms with Gasteiger partial charge in [0.2, 0.25) is 5.91 Å². The van der Waals surface area contributed by atoms with E-state index in [9.17, 15) is 4.79 Å². The molecule has 1 aliphatic carbocycles. The average molecular weight is 340 g/mol. The minimum atomic E-state index is -0.244. The third-order valence-corrected chi connectivity index (χ3v) is 5.11. The predicted molar refractivity (Wildman–Crippen MR) is 93.0 cm³/mol. The molecule has 2 aliphatic rings. The van der Waals surface area contributed by atoms with E-state index in [1.54, 1.807) is 4.68 Å². The topological polar surface area (TPSA) is 75.9 Å². The Morgan fingerprint density at radius 3 is 2.60 bits per heavy atom. The first kappa shape index (κ1) is 16.2. The molecule has 0 radical (unpaired) electrons. The lowest BCUT2D eigenvalue weighted by atomic mass is 10.1. The van der Waals surface area contributed by atoms with Crippen LogP contribution in [0, 0.1) is 5.92 Å². The van der Waals surface area contributed by atoms with Gasteiger partial charge in [-0.2, -0.15) is 4.68 Å². The summed E-state index contributed by atoms with van der Waals surface area (Å²) in [6.07, 6.45) is 4.70. The Kier molecular flexibility index (Phi) is 4.48. The molecule has 4 rings (SSSR count). The first-order chi connectivity index (χ1) is 12.2. The van der Waals surface area contributed by atoms with Gasteiger partial charge in [-0.1, -0.05) is 18.2 Å². The van der Waals surface area contributed by atoms with Gasteiger partial charge in [0.15, 0.2) is 5.82 Å². The fourth-order valence-corrected chi connectivity index (χ4v) is 3.69. The average Bonchev–Trinajstić information content (AvgIpc) is 3.12. The van der Waals surface area contributed by atoms with Gasteiger partial charge in [-0.3, -0.25) is 9.69 Å². The summed E-state index contributed by atoms with van der Waals surface area (Å²) in [5, 5.41) is 15.2. The highest BCUT2D eigenvalue weighted by atomic mass is 16.2. The predicted octanol–water partition coefficient (Wildman–Crippen LogP) is 1.71. The summed E-state index contributed by atoms with van der Waals surface area (Å²) >= 11 is 0. The quantitative estimate of drug-likeness (QED) is 0.866. The number of tetrazole rings is 1. The van der Waals surface area contributed by atoms with E-state index in [0.717, 1.165) is 31.6 Å². The highest BCUT2D eigenvalue weighted by molar-refractivity contribution is 5.82. The standard InChI is InChI=1S/C18H24N6O/c1-13(17-20-21-22-24(17)15-7-3-2-4-8-15)19-18(25)16(14-9-10-14)23-11-5-6-12-23/h2-4,7-8,13-14,16H,5-6,9-12H2,1H3,(H,19,25)/t13-,16+/m0/s1. The van der Waals surface area contributed by atoms with Crippen LogP contribution in [0.3, 0.4) is 0 Å². The number of carbonyl (C=O) groups is 1. The molecule has 0 bridgehead atoms. The summed E-state index contributed by atoms with van der Waals surface area (Å²) in [4.78, 5) is 15.3. The molecule has 7 heteroatoms. The highest BCUT2D eigenvalue weighted by Gasteiger charge is 2.41. The molecule has 132 valence electrons. The largest absolute Gasteiger partial charge is 0.345 e.